The van der Waals surface area contributed by atoms with Gasteiger partial charge >= 0.3 is 0 Å². The molecule has 2 aromatic carbocycles. The summed E-state index contributed by atoms with van der Waals surface area (Å²) in [7, 11) is 1.60. The van der Waals surface area contributed by atoms with Crippen molar-refractivity contribution in [3.05, 3.63) is 59.2 Å². The molecule has 0 radical (unpaired) electrons. The van der Waals surface area contributed by atoms with E-state index in [1.165, 1.54) is 0 Å². The van der Waals surface area contributed by atoms with E-state index in [2.05, 4.69) is 0 Å². The van der Waals surface area contributed by atoms with Crippen LogP contribution in [0.1, 0.15) is 34.3 Å². The first-order valence-electron chi connectivity index (χ1n) is 9.02. The minimum Gasteiger partial charge on any atom is -0.497 e. The van der Waals surface area contributed by atoms with Gasteiger partial charge in [0.1, 0.15) is 11.5 Å². The van der Waals surface area contributed by atoms with E-state index in [0.717, 1.165) is 30.4 Å². The maximum atomic E-state index is 13.5. The molecule has 2 aliphatic rings. The number of benzene rings is 2. The zero-order valence-electron chi connectivity index (χ0n) is 14.9. The van der Waals surface area contributed by atoms with Crippen LogP contribution >= 0.6 is 0 Å². The Bertz CT molecular complexity index is 820. The van der Waals surface area contributed by atoms with Crippen LogP contribution in [0.3, 0.4) is 0 Å². The highest BCUT2D eigenvalue weighted by Gasteiger charge is 2.45. The van der Waals surface area contributed by atoms with Gasteiger partial charge in [-0.15, -0.1) is 0 Å². The van der Waals surface area contributed by atoms with E-state index in [0.29, 0.717) is 30.2 Å². The molecule has 2 heterocycles. The Kier molecular flexibility index (Phi) is 4.32. The summed E-state index contributed by atoms with van der Waals surface area (Å²) >= 11 is 0. The summed E-state index contributed by atoms with van der Waals surface area (Å²) in [6, 6.07) is 13.5. The number of amides is 1. The Morgan fingerprint density at radius 1 is 1.31 bits per heavy atom. The molecule has 1 fully saturated rings. The van der Waals surface area contributed by atoms with Crippen LogP contribution in [0, 0.1) is 0 Å². The predicted octanol–water partition coefficient (Wildman–Crippen LogP) is 2.75. The number of aliphatic hydroxyl groups is 1. The fourth-order valence-corrected chi connectivity index (χ4v) is 4.18. The molecule has 0 bridgehead atoms. The number of nitrogens with zero attached hydrogens (tertiary/aromatic N) is 1. The van der Waals surface area contributed by atoms with Crippen LogP contribution in [-0.4, -0.2) is 42.8 Å². The Morgan fingerprint density at radius 2 is 2.12 bits per heavy atom. The number of aliphatic hydroxyl groups excluding tert-OH is 1. The third-order valence-corrected chi connectivity index (χ3v) is 5.53. The fourth-order valence-electron chi connectivity index (χ4n) is 4.18. The van der Waals surface area contributed by atoms with Gasteiger partial charge in [-0.2, -0.15) is 0 Å². The van der Waals surface area contributed by atoms with Crippen molar-refractivity contribution < 1.29 is 19.4 Å². The summed E-state index contributed by atoms with van der Waals surface area (Å²) in [5.41, 5.74) is 1.80. The highest BCUT2D eigenvalue weighted by atomic mass is 16.5. The minimum absolute atomic E-state index is 0.101. The smallest absolute Gasteiger partial charge is 0.258 e. The molecule has 5 nitrogen and oxygen atoms in total. The monoisotopic (exact) mass is 353 g/mol. The van der Waals surface area contributed by atoms with Crippen molar-refractivity contribution in [1.29, 1.82) is 0 Å². The van der Waals surface area contributed by atoms with Gasteiger partial charge < -0.3 is 19.5 Å². The molecule has 26 heavy (non-hydrogen) atoms. The van der Waals surface area contributed by atoms with Crippen molar-refractivity contribution in [3.63, 3.8) is 0 Å². The minimum atomic E-state index is -0.688. The standard InChI is InChI=1S/C21H23NO4/c1-25-17-12-15-8-11-26-19(15)18(13-17)20(24)22-10-5-9-21(22,14-23)16-6-3-2-4-7-16/h2-4,6-7,12-13,23H,5,8-11,14H2,1H3. The molecule has 2 aliphatic heterocycles. The van der Waals surface area contributed by atoms with Crippen LogP contribution in [0.25, 0.3) is 0 Å². The van der Waals surface area contributed by atoms with Crippen molar-refractivity contribution in [3.8, 4) is 11.5 Å². The van der Waals surface area contributed by atoms with E-state index in [9.17, 15) is 9.90 Å². The largest absolute Gasteiger partial charge is 0.497 e. The van der Waals surface area contributed by atoms with Gasteiger partial charge in [0, 0.05) is 18.5 Å². The molecule has 1 atom stereocenters. The van der Waals surface area contributed by atoms with E-state index in [-0.39, 0.29) is 12.5 Å². The maximum Gasteiger partial charge on any atom is 0.258 e. The lowest BCUT2D eigenvalue weighted by molar-refractivity contribution is 0.0395. The van der Waals surface area contributed by atoms with Crippen LogP contribution in [0.2, 0.25) is 0 Å². The van der Waals surface area contributed by atoms with Crippen molar-refractivity contribution in [2.75, 3.05) is 26.9 Å². The van der Waals surface area contributed by atoms with Gasteiger partial charge in [-0.25, -0.2) is 0 Å². The Morgan fingerprint density at radius 3 is 2.85 bits per heavy atom. The molecule has 0 aliphatic carbocycles. The first kappa shape index (κ1) is 16.9. The molecule has 1 N–H and O–H groups in total. The number of ether oxygens (including phenoxy) is 2. The quantitative estimate of drug-likeness (QED) is 0.918. The molecule has 0 spiro atoms. The second-order valence-electron chi connectivity index (χ2n) is 6.88. The van der Waals surface area contributed by atoms with Gasteiger partial charge in [-0.05, 0) is 30.5 Å². The van der Waals surface area contributed by atoms with Crippen LogP contribution in [-0.2, 0) is 12.0 Å². The average Bonchev–Trinajstić information content (AvgIpc) is 3.34. The molecule has 1 saturated heterocycles. The van der Waals surface area contributed by atoms with Crippen LogP contribution in [0.15, 0.2) is 42.5 Å². The summed E-state index contributed by atoms with van der Waals surface area (Å²) in [5, 5.41) is 10.3. The maximum absolute atomic E-state index is 13.5. The second kappa shape index (κ2) is 6.65. The van der Waals surface area contributed by atoms with E-state index in [1.54, 1.807) is 18.1 Å². The number of methoxy groups -OCH3 is 1. The Labute approximate surface area is 153 Å². The molecule has 5 heteroatoms. The topological polar surface area (TPSA) is 59.0 Å². The summed E-state index contributed by atoms with van der Waals surface area (Å²) in [4.78, 5) is 15.3. The van der Waals surface area contributed by atoms with Crippen molar-refractivity contribution in [2.45, 2.75) is 24.8 Å². The molecule has 1 unspecified atom stereocenters. The van der Waals surface area contributed by atoms with Gasteiger partial charge in [0.15, 0.2) is 0 Å². The summed E-state index contributed by atoms with van der Waals surface area (Å²) < 4.78 is 11.1. The number of carbonyl (C=O) groups is 1. The van der Waals surface area contributed by atoms with Gasteiger partial charge in [0.05, 0.1) is 31.4 Å². The van der Waals surface area contributed by atoms with Crippen LogP contribution in [0.5, 0.6) is 11.5 Å². The van der Waals surface area contributed by atoms with Gasteiger partial charge in [0.2, 0.25) is 0 Å². The fraction of sp³-hybridized carbons (Fsp3) is 0.381. The molecule has 0 saturated carbocycles. The number of hydrogen-bond acceptors (Lipinski definition) is 4. The normalized spacial score (nSPS) is 21.4. The van der Waals surface area contributed by atoms with Crippen molar-refractivity contribution in [1.82, 2.24) is 4.90 Å². The van der Waals surface area contributed by atoms with Gasteiger partial charge in [-0.1, -0.05) is 30.3 Å². The highest BCUT2D eigenvalue weighted by molar-refractivity contribution is 5.99. The van der Waals surface area contributed by atoms with E-state index >= 15 is 0 Å². The van der Waals surface area contributed by atoms with E-state index in [1.807, 2.05) is 36.4 Å². The number of likely N-dealkylation sites (tertiary alicyclic amines) is 1. The first-order chi connectivity index (χ1) is 12.7. The molecular formula is C21H23NO4. The van der Waals surface area contributed by atoms with Crippen LogP contribution in [0.4, 0.5) is 0 Å². The number of carbonyl (C=O) groups excluding carboxylic acids is 1. The lowest BCUT2D eigenvalue weighted by Gasteiger charge is -2.38. The highest BCUT2D eigenvalue weighted by Crippen LogP contribution is 2.42. The van der Waals surface area contributed by atoms with Crippen molar-refractivity contribution >= 4 is 5.91 Å². The van der Waals surface area contributed by atoms with E-state index in [4.69, 9.17) is 9.47 Å². The van der Waals surface area contributed by atoms with Crippen LogP contribution < -0.4 is 9.47 Å². The lowest BCUT2D eigenvalue weighted by atomic mass is 9.87. The number of hydrogen-bond donors (Lipinski definition) is 1. The summed E-state index contributed by atoms with van der Waals surface area (Å²) in [6.45, 7) is 1.09. The Balaban J connectivity index is 1.78. The van der Waals surface area contributed by atoms with Gasteiger partial charge in [0.25, 0.3) is 5.91 Å². The second-order valence-corrected chi connectivity index (χ2v) is 6.88. The number of fused-ring (bicyclic) bond motifs is 1. The molecule has 0 aromatic heterocycles. The SMILES string of the molecule is COc1cc2c(c(C(=O)N3CCCC3(CO)c3ccccc3)c1)OCC2. The predicted molar refractivity (Wildman–Crippen MR) is 97.7 cm³/mol. The molecule has 2 aromatic rings. The Hall–Kier alpha value is -2.53. The first-order valence-corrected chi connectivity index (χ1v) is 9.02. The van der Waals surface area contributed by atoms with E-state index < -0.39 is 5.54 Å². The molecule has 1 amide bonds. The molecule has 4 rings (SSSR count). The third kappa shape index (κ3) is 2.54. The summed E-state index contributed by atoms with van der Waals surface area (Å²) in [5.74, 6) is 1.20. The lowest BCUT2D eigenvalue weighted by Crippen LogP contribution is -2.47. The third-order valence-electron chi connectivity index (χ3n) is 5.53. The van der Waals surface area contributed by atoms with Gasteiger partial charge in [-0.3, -0.25) is 4.79 Å². The zero-order chi connectivity index (χ0) is 18.1. The molecule has 136 valence electrons. The zero-order valence-corrected chi connectivity index (χ0v) is 14.9. The number of rotatable bonds is 4. The van der Waals surface area contributed by atoms with Crippen molar-refractivity contribution in [2.24, 2.45) is 0 Å². The average molecular weight is 353 g/mol. The summed E-state index contributed by atoms with van der Waals surface area (Å²) in [6.07, 6.45) is 2.37. The molecular weight excluding hydrogens is 330 g/mol.